The molecule has 0 bridgehead atoms. The lowest BCUT2D eigenvalue weighted by Crippen LogP contribution is -2.18. The summed E-state index contributed by atoms with van der Waals surface area (Å²) in [5.41, 5.74) is 4.30. The number of anilines is 2. The molecule has 216 valence electrons. The van der Waals surface area contributed by atoms with Gasteiger partial charge < -0.3 is 15.4 Å². The van der Waals surface area contributed by atoms with Crippen molar-refractivity contribution in [2.24, 2.45) is 0 Å². The van der Waals surface area contributed by atoms with Crippen LogP contribution in [0.15, 0.2) is 83.8 Å². The number of halogens is 1. The number of rotatable bonds is 10. The number of thiophene rings is 1. The first-order valence-electron chi connectivity index (χ1n) is 13.8. The lowest BCUT2D eigenvalue weighted by atomic mass is 9.83. The zero-order valence-corrected chi connectivity index (χ0v) is 25.5. The van der Waals surface area contributed by atoms with Crippen molar-refractivity contribution in [1.29, 1.82) is 0 Å². The Morgan fingerprint density at radius 3 is 2.52 bits per heavy atom. The van der Waals surface area contributed by atoms with E-state index >= 15 is 0 Å². The molecular weight excluding hydrogens is 588 g/mol. The fourth-order valence-corrected chi connectivity index (χ4v) is 7.28. The molecule has 9 heteroatoms. The van der Waals surface area contributed by atoms with Crippen molar-refractivity contribution < 1.29 is 19.1 Å². The lowest BCUT2D eigenvalue weighted by molar-refractivity contribution is -0.115. The van der Waals surface area contributed by atoms with Crippen molar-refractivity contribution in [2.45, 2.75) is 43.4 Å². The molecule has 0 saturated heterocycles. The van der Waals surface area contributed by atoms with E-state index in [9.17, 15) is 14.4 Å². The van der Waals surface area contributed by atoms with Crippen LogP contribution >= 0.6 is 34.7 Å². The normalized spacial score (nSPS) is 14.1. The highest BCUT2D eigenvalue weighted by Crippen LogP contribution is 2.43. The van der Waals surface area contributed by atoms with E-state index in [0.717, 1.165) is 40.2 Å². The first-order valence-corrected chi connectivity index (χ1v) is 16.0. The maximum Gasteiger partial charge on any atom is 0.341 e. The van der Waals surface area contributed by atoms with Crippen LogP contribution < -0.4 is 10.6 Å². The number of carbonyl (C=O) groups excluding carboxylic acids is 3. The van der Waals surface area contributed by atoms with Gasteiger partial charge in [-0.3, -0.25) is 9.59 Å². The fraction of sp³-hybridized carbons (Fsp3) is 0.242. The van der Waals surface area contributed by atoms with Crippen LogP contribution in [0.3, 0.4) is 0 Å². The molecule has 2 amide bonds. The maximum absolute atomic E-state index is 13.1. The van der Waals surface area contributed by atoms with Crippen LogP contribution in [0.4, 0.5) is 10.7 Å². The highest BCUT2D eigenvalue weighted by atomic mass is 35.5. The lowest BCUT2D eigenvalue weighted by Gasteiger charge is -2.23. The minimum absolute atomic E-state index is 0.139. The summed E-state index contributed by atoms with van der Waals surface area (Å²) in [4.78, 5) is 40.5. The highest BCUT2D eigenvalue weighted by molar-refractivity contribution is 8.00. The van der Waals surface area contributed by atoms with Crippen molar-refractivity contribution in [2.75, 3.05) is 23.0 Å². The van der Waals surface area contributed by atoms with Gasteiger partial charge in [-0.2, -0.15) is 0 Å². The van der Waals surface area contributed by atoms with E-state index in [-0.39, 0.29) is 30.6 Å². The number of esters is 1. The van der Waals surface area contributed by atoms with Crippen LogP contribution in [0, 0.1) is 0 Å². The number of nitrogens with one attached hydrogen (secondary N) is 2. The molecule has 1 aliphatic carbocycles. The predicted octanol–water partition coefficient (Wildman–Crippen LogP) is 7.76. The predicted molar refractivity (Wildman–Crippen MR) is 171 cm³/mol. The van der Waals surface area contributed by atoms with Gasteiger partial charge in [0.05, 0.1) is 24.3 Å². The van der Waals surface area contributed by atoms with E-state index in [1.165, 1.54) is 28.7 Å². The minimum Gasteiger partial charge on any atom is -0.462 e. The third kappa shape index (κ3) is 7.62. The molecule has 1 heterocycles. The van der Waals surface area contributed by atoms with E-state index < -0.39 is 5.97 Å². The topological polar surface area (TPSA) is 84.5 Å². The SMILES string of the molecule is CCOC(=O)c1c(NC(=O)CSc2cccc(NC(=O)Cc3ccc(Cl)cc3)c2)sc2c1CCC(c1ccccc1)C2. The van der Waals surface area contributed by atoms with Crippen LogP contribution in [0.25, 0.3) is 0 Å². The molecule has 2 N–H and O–H groups in total. The van der Waals surface area contributed by atoms with Crippen LogP contribution in [0.1, 0.15) is 51.2 Å². The second-order valence-electron chi connectivity index (χ2n) is 9.99. The Kier molecular flexibility index (Phi) is 10.00. The fourth-order valence-electron chi connectivity index (χ4n) is 5.07. The number of hydrogen-bond donors (Lipinski definition) is 2. The number of benzene rings is 3. The summed E-state index contributed by atoms with van der Waals surface area (Å²) in [6.45, 7) is 2.05. The maximum atomic E-state index is 13.1. The molecule has 0 spiro atoms. The standard InChI is InChI=1S/C33H31ClN2O4S2/c1-2-40-33(39)31-27-16-13-23(22-7-4-3-5-8-22)18-28(27)42-32(31)36-30(38)20-41-26-10-6-9-25(19-26)35-29(37)17-21-11-14-24(34)15-12-21/h3-12,14-15,19,23H,2,13,16-18,20H2,1H3,(H,35,37)(H,36,38). The Bertz CT molecular complexity index is 1570. The third-order valence-electron chi connectivity index (χ3n) is 7.03. The number of thioether (sulfide) groups is 1. The van der Waals surface area contributed by atoms with Gasteiger partial charge in [-0.1, -0.05) is 60.1 Å². The van der Waals surface area contributed by atoms with Gasteiger partial charge in [-0.15, -0.1) is 23.1 Å². The molecule has 4 aromatic rings. The summed E-state index contributed by atoms with van der Waals surface area (Å²) in [6.07, 6.45) is 2.77. The molecule has 0 saturated carbocycles. The van der Waals surface area contributed by atoms with Gasteiger partial charge in [0.2, 0.25) is 11.8 Å². The molecule has 0 aliphatic heterocycles. The molecule has 1 aromatic heterocycles. The smallest absolute Gasteiger partial charge is 0.341 e. The summed E-state index contributed by atoms with van der Waals surface area (Å²) in [7, 11) is 0. The Morgan fingerprint density at radius 1 is 0.976 bits per heavy atom. The van der Waals surface area contributed by atoms with E-state index in [1.54, 1.807) is 19.1 Å². The molecule has 3 aromatic carbocycles. The summed E-state index contributed by atoms with van der Waals surface area (Å²) in [6, 6.07) is 25.0. The number of fused-ring (bicyclic) bond motifs is 1. The summed E-state index contributed by atoms with van der Waals surface area (Å²) in [5, 5.41) is 7.08. The van der Waals surface area contributed by atoms with Crippen LogP contribution in [-0.4, -0.2) is 30.1 Å². The second-order valence-corrected chi connectivity index (χ2v) is 12.6. The van der Waals surface area contributed by atoms with Gasteiger partial charge >= 0.3 is 5.97 Å². The Hall–Kier alpha value is -3.59. The molecular formula is C33H31ClN2O4S2. The monoisotopic (exact) mass is 618 g/mol. The zero-order chi connectivity index (χ0) is 29.5. The minimum atomic E-state index is -0.391. The summed E-state index contributed by atoms with van der Waals surface area (Å²) in [5.74, 6) is -0.205. The molecule has 1 unspecified atom stereocenters. The quantitative estimate of drug-likeness (QED) is 0.140. The van der Waals surface area contributed by atoms with Crippen molar-refractivity contribution in [3.8, 4) is 0 Å². The zero-order valence-electron chi connectivity index (χ0n) is 23.2. The van der Waals surface area contributed by atoms with Crippen LogP contribution in [0.5, 0.6) is 0 Å². The molecule has 1 atom stereocenters. The average Bonchev–Trinajstić information content (AvgIpc) is 3.35. The van der Waals surface area contributed by atoms with Gasteiger partial charge in [0.1, 0.15) is 5.00 Å². The first-order chi connectivity index (χ1) is 20.4. The van der Waals surface area contributed by atoms with E-state index in [0.29, 0.717) is 27.2 Å². The number of ether oxygens (including phenoxy) is 1. The number of amides is 2. The van der Waals surface area contributed by atoms with Gasteiger partial charge in [0, 0.05) is 20.5 Å². The third-order valence-corrected chi connectivity index (χ3v) is 9.45. The van der Waals surface area contributed by atoms with Gasteiger partial charge in [-0.25, -0.2) is 4.79 Å². The first kappa shape index (κ1) is 29.9. The van der Waals surface area contributed by atoms with E-state index in [1.807, 2.05) is 42.5 Å². The second kappa shape index (κ2) is 14.1. The van der Waals surface area contributed by atoms with E-state index in [4.69, 9.17) is 16.3 Å². The van der Waals surface area contributed by atoms with Gasteiger partial charge in [-0.05, 0) is 79.1 Å². The highest BCUT2D eigenvalue weighted by Gasteiger charge is 2.30. The van der Waals surface area contributed by atoms with Crippen molar-refractivity contribution >= 4 is 63.2 Å². The molecule has 0 fully saturated rings. The molecule has 6 nitrogen and oxygen atoms in total. The largest absolute Gasteiger partial charge is 0.462 e. The molecule has 42 heavy (non-hydrogen) atoms. The van der Waals surface area contributed by atoms with E-state index in [2.05, 4.69) is 34.9 Å². The van der Waals surface area contributed by atoms with Gasteiger partial charge in [0.25, 0.3) is 0 Å². The molecule has 5 rings (SSSR count). The number of hydrogen-bond acceptors (Lipinski definition) is 6. The Labute approximate surface area is 258 Å². The van der Waals surface area contributed by atoms with Gasteiger partial charge in [0.15, 0.2) is 0 Å². The van der Waals surface area contributed by atoms with Crippen molar-refractivity contribution in [3.63, 3.8) is 0 Å². The van der Waals surface area contributed by atoms with Crippen molar-refractivity contribution in [1.82, 2.24) is 0 Å². The Morgan fingerprint density at radius 2 is 1.76 bits per heavy atom. The molecule has 1 aliphatic rings. The Balaban J connectivity index is 1.22. The molecule has 0 radical (unpaired) electrons. The number of carbonyl (C=O) groups is 3. The van der Waals surface area contributed by atoms with Crippen molar-refractivity contribution in [3.05, 3.63) is 111 Å². The van der Waals surface area contributed by atoms with Crippen LogP contribution in [-0.2, 0) is 33.6 Å². The van der Waals surface area contributed by atoms with Crippen LogP contribution in [0.2, 0.25) is 5.02 Å². The summed E-state index contributed by atoms with van der Waals surface area (Å²) >= 11 is 8.77. The average molecular weight is 619 g/mol. The summed E-state index contributed by atoms with van der Waals surface area (Å²) < 4.78 is 5.37.